The second-order valence-electron chi connectivity index (χ2n) is 6.18. The first-order valence-electron chi connectivity index (χ1n) is 8.64. The number of carbonyl (C=O) groups is 1. The first-order valence-corrected chi connectivity index (χ1v) is 8.64. The van der Waals surface area contributed by atoms with Crippen LogP contribution in [0.4, 0.5) is 4.39 Å². The molecule has 3 rings (SSSR count). The Bertz CT molecular complexity index is 849. The van der Waals surface area contributed by atoms with Gasteiger partial charge in [0.05, 0.1) is 19.4 Å². The maximum Gasteiger partial charge on any atom is 0.254 e. The summed E-state index contributed by atoms with van der Waals surface area (Å²) in [5.41, 5.74) is 2.08. The third-order valence-corrected chi connectivity index (χ3v) is 4.30. The topological polar surface area (TPSA) is 51.1 Å². The molecule has 0 bridgehead atoms. The fourth-order valence-electron chi connectivity index (χ4n) is 2.99. The molecule has 0 fully saturated rings. The highest BCUT2D eigenvalue weighted by atomic mass is 19.1. The van der Waals surface area contributed by atoms with Crippen LogP contribution in [0.1, 0.15) is 22.3 Å². The highest BCUT2D eigenvalue weighted by Gasteiger charge is 2.28. The average Bonchev–Trinajstić information content (AvgIpc) is 3.16. The number of halogens is 1. The molecule has 0 N–H and O–H groups in total. The lowest BCUT2D eigenvalue weighted by Crippen LogP contribution is -2.37. The Kier molecular flexibility index (Phi) is 5.86. The molecule has 6 heteroatoms. The van der Waals surface area contributed by atoms with Crippen LogP contribution >= 0.6 is 0 Å². The van der Waals surface area contributed by atoms with Gasteiger partial charge >= 0.3 is 0 Å². The zero-order chi connectivity index (χ0) is 19.2. The molecule has 0 saturated carbocycles. The minimum absolute atomic E-state index is 0.204. The van der Waals surface area contributed by atoms with Crippen molar-refractivity contribution in [2.24, 2.45) is 5.16 Å². The van der Waals surface area contributed by atoms with Gasteiger partial charge in [0.15, 0.2) is 6.10 Å². The minimum atomic E-state index is -0.379. The molecule has 27 heavy (non-hydrogen) atoms. The highest BCUT2D eigenvalue weighted by molar-refractivity contribution is 6.03. The predicted molar refractivity (Wildman–Crippen MR) is 102 cm³/mol. The van der Waals surface area contributed by atoms with Gasteiger partial charge < -0.3 is 14.5 Å². The number of para-hydroxylation sites is 1. The van der Waals surface area contributed by atoms with Gasteiger partial charge in [-0.3, -0.25) is 4.79 Å². The summed E-state index contributed by atoms with van der Waals surface area (Å²) in [6.07, 6.45) is 1.94. The van der Waals surface area contributed by atoms with Crippen LogP contribution in [0, 0.1) is 5.82 Å². The van der Waals surface area contributed by atoms with Gasteiger partial charge in [0.2, 0.25) is 0 Å². The number of hydrogen-bond donors (Lipinski definition) is 0. The van der Waals surface area contributed by atoms with Crippen LogP contribution in [0.15, 0.2) is 66.3 Å². The molecule has 1 unspecified atom stereocenters. The normalized spacial score (nSPS) is 15.6. The fraction of sp³-hybridized carbons (Fsp3) is 0.238. The summed E-state index contributed by atoms with van der Waals surface area (Å²) in [6.45, 7) is 4.42. The molecular formula is C21H21FN2O3. The number of carbonyl (C=O) groups excluding carboxylic acids is 1. The predicted octanol–water partition coefficient (Wildman–Crippen LogP) is 3.66. The van der Waals surface area contributed by atoms with Crippen LogP contribution in [-0.4, -0.2) is 42.8 Å². The SMILES string of the molecule is C=CCN(CC1CC(c2ccccc2OC)=NO1)C(=O)c1ccc(F)cc1. The van der Waals surface area contributed by atoms with E-state index >= 15 is 0 Å². The van der Waals surface area contributed by atoms with Crippen molar-refractivity contribution in [1.82, 2.24) is 4.90 Å². The zero-order valence-corrected chi connectivity index (χ0v) is 15.1. The zero-order valence-electron chi connectivity index (χ0n) is 15.1. The Morgan fingerprint density at radius 2 is 2.07 bits per heavy atom. The van der Waals surface area contributed by atoms with Gasteiger partial charge in [0.25, 0.3) is 5.91 Å². The molecule has 140 valence electrons. The lowest BCUT2D eigenvalue weighted by atomic mass is 10.0. The Labute approximate surface area is 157 Å². The fourth-order valence-corrected chi connectivity index (χ4v) is 2.99. The maximum absolute atomic E-state index is 13.1. The van der Waals surface area contributed by atoms with Gasteiger partial charge in [-0.25, -0.2) is 4.39 Å². The summed E-state index contributed by atoms with van der Waals surface area (Å²) in [5.74, 6) is 0.144. The molecule has 5 nitrogen and oxygen atoms in total. The largest absolute Gasteiger partial charge is 0.496 e. The number of hydrogen-bond acceptors (Lipinski definition) is 4. The molecule has 2 aromatic carbocycles. The van der Waals surface area contributed by atoms with Gasteiger partial charge in [-0.1, -0.05) is 23.4 Å². The first-order chi connectivity index (χ1) is 13.1. The van der Waals surface area contributed by atoms with Gasteiger partial charge in [-0.2, -0.15) is 0 Å². The molecule has 2 aromatic rings. The van der Waals surface area contributed by atoms with E-state index in [-0.39, 0.29) is 17.8 Å². The van der Waals surface area contributed by atoms with E-state index < -0.39 is 0 Å². The Balaban J connectivity index is 1.69. The molecule has 0 aliphatic carbocycles. The molecule has 0 saturated heterocycles. The summed E-state index contributed by atoms with van der Waals surface area (Å²) in [5, 5.41) is 4.18. The van der Waals surface area contributed by atoms with Gasteiger partial charge in [0, 0.05) is 24.1 Å². The van der Waals surface area contributed by atoms with Crippen LogP contribution < -0.4 is 4.74 Å². The molecule has 0 spiro atoms. The van der Waals surface area contributed by atoms with E-state index in [0.29, 0.717) is 25.1 Å². The van der Waals surface area contributed by atoms with E-state index in [1.165, 1.54) is 24.3 Å². The summed E-state index contributed by atoms with van der Waals surface area (Å²) in [4.78, 5) is 19.9. The summed E-state index contributed by atoms with van der Waals surface area (Å²) < 4.78 is 18.5. The minimum Gasteiger partial charge on any atom is -0.496 e. The van der Waals surface area contributed by atoms with Crippen LogP contribution in [0.25, 0.3) is 0 Å². The lowest BCUT2D eigenvalue weighted by molar-refractivity contribution is 0.0450. The summed E-state index contributed by atoms with van der Waals surface area (Å²) in [6, 6.07) is 13.1. The van der Waals surface area contributed by atoms with Crippen molar-refractivity contribution in [3.63, 3.8) is 0 Å². The number of ether oxygens (including phenoxy) is 1. The highest BCUT2D eigenvalue weighted by Crippen LogP contribution is 2.25. The third-order valence-electron chi connectivity index (χ3n) is 4.30. The molecule has 1 heterocycles. The van der Waals surface area contributed by atoms with E-state index in [0.717, 1.165) is 17.0 Å². The third kappa shape index (κ3) is 4.34. The van der Waals surface area contributed by atoms with Gasteiger partial charge in [-0.05, 0) is 36.4 Å². The summed E-state index contributed by atoms with van der Waals surface area (Å²) in [7, 11) is 1.61. The van der Waals surface area contributed by atoms with Gasteiger partial charge in [0.1, 0.15) is 11.6 Å². The second-order valence-corrected chi connectivity index (χ2v) is 6.18. The van der Waals surface area contributed by atoms with E-state index in [1.807, 2.05) is 24.3 Å². The number of benzene rings is 2. The van der Waals surface area contributed by atoms with Crippen molar-refractivity contribution in [3.05, 3.63) is 78.1 Å². The van der Waals surface area contributed by atoms with E-state index in [1.54, 1.807) is 18.1 Å². The van der Waals surface area contributed by atoms with Crippen molar-refractivity contribution >= 4 is 11.6 Å². The smallest absolute Gasteiger partial charge is 0.254 e. The van der Waals surface area contributed by atoms with Crippen molar-refractivity contribution in [1.29, 1.82) is 0 Å². The molecule has 1 aliphatic heterocycles. The van der Waals surface area contributed by atoms with Crippen molar-refractivity contribution in [2.75, 3.05) is 20.2 Å². The Morgan fingerprint density at radius 1 is 1.33 bits per heavy atom. The number of rotatable bonds is 7. The number of oxime groups is 1. The van der Waals surface area contributed by atoms with Crippen molar-refractivity contribution < 1.29 is 18.8 Å². The monoisotopic (exact) mass is 368 g/mol. The quantitative estimate of drug-likeness (QED) is 0.701. The van der Waals surface area contributed by atoms with Crippen LogP contribution in [-0.2, 0) is 4.84 Å². The standard InChI is InChI=1S/C21H21FN2O3/c1-3-12-24(21(25)15-8-10-16(22)11-9-15)14-17-13-19(23-27-17)18-6-4-5-7-20(18)26-2/h3-11,17H,1,12-14H2,2H3. The Hall–Kier alpha value is -3.15. The maximum atomic E-state index is 13.1. The van der Waals surface area contributed by atoms with Crippen molar-refractivity contribution in [3.8, 4) is 5.75 Å². The number of amides is 1. The summed E-state index contributed by atoms with van der Waals surface area (Å²) >= 11 is 0. The second kappa shape index (κ2) is 8.49. The average molecular weight is 368 g/mol. The van der Waals surface area contributed by atoms with E-state index in [2.05, 4.69) is 11.7 Å². The first kappa shape index (κ1) is 18.6. The molecule has 1 aliphatic rings. The van der Waals surface area contributed by atoms with Crippen LogP contribution in [0.3, 0.4) is 0 Å². The Morgan fingerprint density at radius 3 is 2.78 bits per heavy atom. The molecule has 1 amide bonds. The van der Waals surface area contributed by atoms with Crippen LogP contribution in [0.5, 0.6) is 5.75 Å². The van der Waals surface area contributed by atoms with E-state index in [4.69, 9.17) is 9.57 Å². The molecule has 0 radical (unpaired) electrons. The van der Waals surface area contributed by atoms with E-state index in [9.17, 15) is 9.18 Å². The number of methoxy groups -OCH3 is 1. The molecule has 0 aromatic heterocycles. The van der Waals surface area contributed by atoms with Crippen molar-refractivity contribution in [2.45, 2.75) is 12.5 Å². The van der Waals surface area contributed by atoms with Gasteiger partial charge in [-0.15, -0.1) is 6.58 Å². The molecular weight excluding hydrogens is 347 g/mol. The molecule has 1 atom stereocenters. The number of nitrogens with zero attached hydrogens (tertiary/aromatic N) is 2. The lowest BCUT2D eigenvalue weighted by Gasteiger charge is -2.23. The van der Waals surface area contributed by atoms with Crippen LogP contribution in [0.2, 0.25) is 0 Å².